The molecule has 0 aromatic carbocycles. The van der Waals surface area contributed by atoms with Gasteiger partial charge in [-0.15, -0.1) is 0 Å². The summed E-state index contributed by atoms with van der Waals surface area (Å²) in [4.78, 5) is 0. The van der Waals surface area contributed by atoms with Crippen LogP contribution in [0.2, 0.25) is 18.1 Å². The fourth-order valence-electron chi connectivity index (χ4n) is 4.45. The molecular formula is C21H38O4SeSi. The van der Waals surface area contributed by atoms with Crippen molar-refractivity contribution in [3.63, 3.8) is 0 Å². The molecule has 3 fully saturated rings. The molecule has 4 nitrogen and oxygen atoms in total. The topological polar surface area (TPSA) is 44.8 Å². The van der Waals surface area contributed by atoms with Gasteiger partial charge in [-0.05, 0) is 0 Å². The Morgan fingerprint density at radius 3 is 2.22 bits per heavy atom. The van der Waals surface area contributed by atoms with Crippen molar-refractivity contribution in [1.82, 2.24) is 0 Å². The van der Waals surface area contributed by atoms with Crippen LogP contribution in [0.1, 0.15) is 61.8 Å². The SMILES string of the molecule is CC(C)(C)[C@@H]1C=C2[C@@H](O[Se](=O)O1)[C@H](O[Si](C)(C)C(C)(C)C)[C@H]1C[C@@H]2C1(C)C. The van der Waals surface area contributed by atoms with Gasteiger partial charge in [0.1, 0.15) is 0 Å². The summed E-state index contributed by atoms with van der Waals surface area (Å²) in [6.07, 6.45) is 2.95. The molecule has 1 unspecified atom stereocenters. The number of hydrogen-bond acceptors (Lipinski definition) is 4. The molecule has 1 aliphatic heterocycles. The van der Waals surface area contributed by atoms with Crippen LogP contribution < -0.4 is 0 Å². The van der Waals surface area contributed by atoms with Gasteiger partial charge in [0.15, 0.2) is 0 Å². The van der Waals surface area contributed by atoms with Gasteiger partial charge < -0.3 is 0 Å². The molecule has 4 aliphatic rings. The van der Waals surface area contributed by atoms with Crippen molar-refractivity contribution in [1.29, 1.82) is 0 Å². The van der Waals surface area contributed by atoms with Gasteiger partial charge in [0, 0.05) is 0 Å². The van der Waals surface area contributed by atoms with E-state index in [0.717, 1.165) is 6.42 Å². The molecule has 4 rings (SSSR count). The average molecular weight is 462 g/mol. The second kappa shape index (κ2) is 6.58. The van der Waals surface area contributed by atoms with Crippen LogP contribution >= 0.6 is 0 Å². The molecule has 3 aliphatic carbocycles. The monoisotopic (exact) mass is 462 g/mol. The summed E-state index contributed by atoms with van der Waals surface area (Å²) in [6, 6.07) is 0. The van der Waals surface area contributed by atoms with Gasteiger partial charge in [-0.1, -0.05) is 0 Å². The van der Waals surface area contributed by atoms with Crippen molar-refractivity contribution in [2.45, 2.75) is 98.3 Å². The predicted molar refractivity (Wildman–Crippen MR) is 111 cm³/mol. The zero-order chi connectivity index (χ0) is 20.6. The van der Waals surface area contributed by atoms with Crippen molar-refractivity contribution in [3.8, 4) is 0 Å². The quantitative estimate of drug-likeness (QED) is 0.418. The molecule has 2 bridgehead atoms. The van der Waals surface area contributed by atoms with Crippen LogP contribution in [0.4, 0.5) is 0 Å². The van der Waals surface area contributed by atoms with E-state index in [-0.39, 0.29) is 34.2 Å². The Bertz CT molecular complexity index is 656. The molecule has 0 aromatic rings. The van der Waals surface area contributed by atoms with Gasteiger partial charge in [0.25, 0.3) is 0 Å². The Balaban J connectivity index is 2.02. The normalized spacial score (nSPS) is 39.1. The number of hydrogen-bond donors (Lipinski definition) is 0. The molecule has 1 heterocycles. The van der Waals surface area contributed by atoms with Crippen LogP contribution in [0.5, 0.6) is 0 Å². The van der Waals surface area contributed by atoms with Gasteiger partial charge in [-0.3, -0.25) is 0 Å². The molecule has 0 amide bonds. The Kier molecular flexibility index (Phi) is 5.33. The Hall–Kier alpha value is 0.156. The molecular weight excluding hydrogens is 423 g/mol. The van der Waals surface area contributed by atoms with Crippen LogP contribution in [-0.4, -0.2) is 41.1 Å². The third-order valence-electron chi connectivity index (χ3n) is 7.57. The van der Waals surface area contributed by atoms with E-state index in [0.29, 0.717) is 11.8 Å². The van der Waals surface area contributed by atoms with Crippen molar-refractivity contribution < 1.29 is 15.9 Å². The summed E-state index contributed by atoms with van der Waals surface area (Å²) in [5, 5.41) is 0.129. The molecule has 6 atom stereocenters. The van der Waals surface area contributed by atoms with E-state index < -0.39 is 22.8 Å². The molecule has 3 saturated carbocycles. The Morgan fingerprint density at radius 2 is 1.74 bits per heavy atom. The summed E-state index contributed by atoms with van der Waals surface area (Å²) in [5.41, 5.74) is 1.34. The van der Waals surface area contributed by atoms with E-state index in [1.165, 1.54) is 5.57 Å². The summed E-state index contributed by atoms with van der Waals surface area (Å²) < 4.78 is 31.6. The van der Waals surface area contributed by atoms with E-state index in [1.54, 1.807) is 0 Å². The van der Waals surface area contributed by atoms with Crippen LogP contribution in [0.15, 0.2) is 11.6 Å². The fraction of sp³-hybridized carbons (Fsp3) is 0.905. The van der Waals surface area contributed by atoms with Crippen molar-refractivity contribution in [2.24, 2.45) is 22.7 Å². The van der Waals surface area contributed by atoms with Crippen molar-refractivity contribution in [3.05, 3.63) is 11.6 Å². The van der Waals surface area contributed by atoms with Gasteiger partial charge in [0.2, 0.25) is 0 Å². The molecule has 0 aromatic heterocycles. The van der Waals surface area contributed by atoms with E-state index in [1.807, 2.05) is 0 Å². The maximum absolute atomic E-state index is 12.7. The van der Waals surface area contributed by atoms with Gasteiger partial charge in [0.05, 0.1) is 0 Å². The fourth-order valence-corrected chi connectivity index (χ4v) is 7.77. The van der Waals surface area contributed by atoms with E-state index in [9.17, 15) is 3.83 Å². The summed E-state index contributed by atoms with van der Waals surface area (Å²) in [7, 11) is -1.98. The average Bonchev–Trinajstić information content (AvgIpc) is 2.63. The first kappa shape index (κ1) is 21.9. The van der Waals surface area contributed by atoms with E-state index in [4.69, 9.17) is 12.1 Å². The molecule has 6 heteroatoms. The van der Waals surface area contributed by atoms with Crippen LogP contribution in [0, 0.1) is 22.7 Å². The molecule has 0 radical (unpaired) electrons. The van der Waals surface area contributed by atoms with Gasteiger partial charge in [-0.2, -0.15) is 0 Å². The maximum atomic E-state index is 12.7. The van der Waals surface area contributed by atoms with Crippen molar-refractivity contribution in [2.75, 3.05) is 0 Å². The summed E-state index contributed by atoms with van der Waals surface area (Å²) in [6.45, 7) is 22.5. The first-order chi connectivity index (χ1) is 12.1. The second-order valence-electron chi connectivity index (χ2n) is 11.8. The third kappa shape index (κ3) is 3.71. The van der Waals surface area contributed by atoms with Crippen LogP contribution in [0.3, 0.4) is 0 Å². The van der Waals surface area contributed by atoms with Crippen molar-refractivity contribution >= 4 is 22.8 Å². The second-order valence-corrected chi connectivity index (χ2v) is 18.2. The first-order valence-corrected chi connectivity index (χ1v) is 15.2. The molecule has 0 spiro atoms. The standard InChI is InChI=1S/C21H38O4SeSi/c1-19(2,3)16-11-13-14-12-15(21(14,7)8)18(17(13)24-26(22)23-16)25-27(9,10)20(4,5)6/h11,14-18H,12H2,1-10H3/t14-,15+,16-,17+,18+,26?/m0/s1. The molecule has 156 valence electrons. The molecule has 27 heavy (non-hydrogen) atoms. The first-order valence-electron chi connectivity index (χ1n) is 10.2. The van der Waals surface area contributed by atoms with Crippen LogP contribution in [-0.2, 0) is 15.9 Å². The molecule has 0 N–H and O–H groups in total. The summed E-state index contributed by atoms with van der Waals surface area (Å²) >= 11 is -2.81. The zero-order valence-electron chi connectivity index (χ0n) is 18.7. The predicted octanol–water partition coefficient (Wildman–Crippen LogP) is 5.22. The minimum absolute atomic E-state index is 0.0281. The van der Waals surface area contributed by atoms with Crippen LogP contribution in [0.25, 0.3) is 0 Å². The van der Waals surface area contributed by atoms with Gasteiger partial charge >= 0.3 is 171 Å². The minimum atomic E-state index is -2.81. The van der Waals surface area contributed by atoms with E-state index >= 15 is 0 Å². The Morgan fingerprint density at radius 1 is 1.15 bits per heavy atom. The van der Waals surface area contributed by atoms with E-state index in [2.05, 4.69) is 74.6 Å². The Labute approximate surface area is 171 Å². The summed E-state index contributed by atoms with van der Waals surface area (Å²) in [5.74, 6) is 0.917. The molecule has 0 saturated heterocycles. The third-order valence-corrected chi connectivity index (χ3v) is 13.6. The zero-order valence-corrected chi connectivity index (χ0v) is 21.4. The van der Waals surface area contributed by atoms with Gasteiger partial charge in [-0.25, -0.2) is 0 Å². The number of rotatable bonds is 2.